The Bertz CT molecular complexity index is 2060. The first-order valence-corrected chi connectivity index (χ1v) is 20.0. The average molecular weight is 828 g/mol. The van der Waals surface area contributed by atoms with Crippen molar-refractivity contribution >= 4 is 29.7 Å². The van der Waals surface area contributed by atoms with Crippen molar-refractivity contribution in [3.05, 3.63) is 119 Å². The van der Waals surface area contributed by atoms with Crippen molar-refractivity contribution in [1.82, 2.24) is 5.32 Å². The number of hydrogen-bond acceptors (Lipinski definition) is 14. The number of fused-ring (bicyclic) bond motifs is 3. The summed E-state index contributed by atoms with van der Waals surface area (Å²) in [6, 6.07) is 25.3. The fourth-order valence-corrected chi connectivity index (χ4v) is 8.77. The van der Waals surface area contributed by atoms with Crippen LogP contribution in [-0.2, 0) is 49.4 Å². The number of nitrogens with one attached hydrogen (secondary N) is 1. The van der Waals surface area contributed by atoms with E-state index in [0.717, 1.165) is 12.5 Å². The zero-order chi connectivity index (χ0) is 43.4. The van der Waals surface area contributed by atoms with Gasteiger partial charge in [-0.05, 0) is 41.8 Å². The molecule has 0 radical (unpaired) electrons. The normalized spacial score (nSPS) is 29.5. The summed E-state index contributed by atoms with van der Waals surface area (Å²) in [6.45, 7) is 6.60. The number of carbonyl (C=O) groups excluding carboxylic acids is 5. The number of ketones is 1. The van der Waals surface area contributed by atoms with Gasteiger partial charge in [-0.3, -0.25) is 14.4 Å². The Kier molecular flexibility index (Phi) is 13.4. The van der Waals surface area contributed by atoms with Gasteiger partial charge < -0.3 is 44.3 Å². The van der Waals surface area contributed by atoms with Gasteiger partial charge in [0, 0.05) is 44.6 Å². The molecule has 14 nitrogen and oxygen atoms in total. The molecule has 320 valence electrons. The Morgan fingerprint density at radius 2 is 1.48 bits per heavy atom. The number of Topliss-reactive ketones (excluding diaryl/α,β-unsaturated/α-hetero) is 1. The van der Waals surface area contributed by atoms with Crippen molar-refractivity contribution in [2.24, 2.45) is 16.7 Å². The molecule has 0 unspecified atom stereocenters. The van der Waals surface area contributed by atoms with Crippen LogP contribution in [0, 0.1) is 16.7 Å². The van der Waals surface area contributed by atoms with Gasteiger partial charge in [-0.15, -0.1) is 0 Å². The minimum atomic E-state index is -2.23. The molecule has 3 aromatic carbocycles. The Morgan fingerprint density at radius 3 is 2.10 bits per heavy atom. The first kappa shape index (κ1) is 44.3. The van der Waals surface area contributed by atoms with Crippen molar-refractivity contribution in [1.29, 1.82) is 0 Å². The van der Waals surface area contributed by atoms with Gasteiger partial charge in [0.15, 0.2) is 18.0 Å². The number of esters is 4. The Morgan fingerprint density at radius 1 is 0.867 bits per heavy atom. The summed E-state index contributed by atoms with van der Waals surface area (Å²) in [5.74, 6) is -5.47. The van der Waals surface area contributed by atoms with Crippen LogP contribution in [0.4, 0.5) is 0 Å². The second-order valence-corrected chi connectivity index (χ2v) is 16.5. The Balaban J connectivity index is 1.44. The van der Waals surface area contributed by atoms with Crippen LogP contribution in [0.3, 0.4) is 0 Å². The average Bonchev–Trinajstić information content (AvgIpc) is 3.35. The van der Waals surface area contributed by atoms with Crippen LogP contribution in [0.15, 0.2) is 103 Å². The van der Waals surface area contributed by atoms with E-state index >= 15 is 4.79 Å². The second-order valence-electron chi connectivity index (χ2n) is 16.5. The van der Waals surface area contributed by atoms with Crippen LogP contribution < -0.4 is 5.32 Å². The molecule has 14 heteroatoms. The summed E-state index contributed by atoms with van der Waals surface area (Å²) in [5.41, 5.74) is -4.05. The number of rotatable bonds is 12. The van der Waals surface area contributed by atoms with Crippen LogP contribution in [0.1, 0.15) is 75.0 Å². The molecule has 3 aliphatic rings. The summed E-state index contributed by atoms with van der Waals surface area (Å²) in [6.07, 6.45) is -8.20. The van der Waals surface area contributed by atoms with E-state index in [2.05, 4.69) is 5.32 Å². The third-order valence-electron chi connectivity index (χ3n) is 12.4. The highest BCUT2D eigenvalue weighted by Gasteiger charge is 2.69. The summed E-state index contributed by atoms with van der Waals surface area (Å²) in [7, 11) is 0. The molecule has 4 N–H and O–H groups in total. The van der Waals surface area contributed by atoms with E-state index < -0.39 is 108 Å². The maximum atomic E-state index is 15.2. The highest BCUT2D eigenvalue weighted by atomic mass is 16.6. The lowest BCUT2D eigenvalue weighted by atomic mass is 9.51. The van der Waals surface area contributed by atoms with E-state index in [1.165, 1.54) is 32.1 Å². The summed E-state index contributed by atoms with van der Waals surface area (Å²) >= 11 is 0. The lowest BCUT2D eigenvalue weighted by Crippen LogP contribution is -2.70. The van der Waals surface area contributed by atoms with Gasteiger partial charge in [0.25, 0.3) is 0 Å². The van der Waals surface area contributed by atoms with Crippen LogP contribution in [0.25, 0.3) is 0 Å². The second kappa shape index (κ2) is 18.2. The minimum absolute atomic E-state index is 0.0276. The fourth-order valence-electron chi connectivity index (χ4n) is 8.77. The molecular formula is C46H53NO13. The predicted molar refractivity (Wildman–Crippen MR) is 215 cm³/mol. The number of aliphatic hydroxyl groups excluding tert-OH is 2. The zero-order valence-electron chi connectivity index (χ0n) is 34.3. The molecule has 0 aromatic heterocycles. The topological polar surface area (TPSA) is 204 Å². The number of carbonyl (C=O) groups is 5. The Hall–Kier alpha value is -5.25. The lowest BCUT2D eigenvalue weighted by molar-refractivity contribution is -0.219. The summed E-state index contributed by atoms with van der Waals surface area (Å²) in [5, 5.41) is 40.3. The number of hydrogen-bond donors (Lipinski definition) is 4. The third kappa shape index (κ3) is 8.93. The van der Waals surface area contributed by atoms with E-state index in [0.29, 0.717) is 12.1 Å². The molecular weight excluding hydrogens is 774 g/mol. The molecule has 3 aromatic rings. The first-order valence-electron chi connectivity index (χ1n) is 20.0. The fraction of sp³-hybridized carbons (Fsp3) is 0.457. The van der Waals surface area contributed by atoms with Crippen molar-refractivity contribution in [2.45, 2.75) is 102 Å². The smallest absolute Gasteiger partial charge is 0.338 e. The highest BCUT2D eigenvalue weighted by molar-refractivity contribution is 5.95. The lowest BCUT2D eigenvalue weighted by Gasteiger charge is -2.58. The highest BCUT2D eigenvalue weighted by Crippen LogP contribution is 2.57. The maximum Gasteiger partial charge on any atom is 0.338 e. The van der Waals surface area contributed by atoms with E-state index in [1.54, 1.807) is 62.4 Å². The van der Waals surface area contributed by atoms with Crippen LogP contribution in [0.5, 0.6) is 0 Å². The largest absolute Gasteiger partial charge is 0.463 e. The molecule has 10 atom stereocenters. The van der Waals surface area contributed by atoms with Crippen molar-refractivity contribution < 1.29 is 63.0 Å². The molecule has 0 spiro atoms. The number of benzene rings is 3. The molecule has 1 saturated carbocycles. The van der Waals surface area contributed by atoms with E-state index in [-0.39, 0.29) is 24.2 Å². The SMILES string of the molecule is CC(=O)OC[C@H]1C[C@H](O)[C@@]2(C)C(=O)[C@H](OC(C)=O)C3=C[C@@H](OC(=O)[C@H](O)[C@@H](NCc4ccccc4)c4ccccc4)C[C@@](O)([C@@H](OC(=O)c4ccccc4)[C@@H]2CO1)C3(C)C. The van der Waals surface area contributed by atoms with Crippen LogP contribution in [0.2, 0.25) is 0 Å². The third-order valence-corrected chi connectivity index (χ3v) is 12.4. The first-order chi connectivity index (χ1) is 28.5. The minimum Gasteiger partial charge on any atom is -0.463 e. The van der Waals surface area contributed by atoms with Crippen molar-refractivity contribution in [3.8, 4) is 0 Å². The standard InChI is InChI=1S/C46H53NO13/c1-27(48)56-25-33-22-36(50)45(5)35(26-57-33)41(60-42(53)31-19-13-8-14-20-31)46(55)23-32(21-34(44(46,3)4)39(40(45)52)58-28(2)49)59-43(54)38(51)37(30-17-11-7-12-18-30)47-24-29-15-9-6-10-16-29/h6-21,32-33,35-39,41,47,50-51,55H,22-26H2,1-5H3/t32-,33-,35+,36+,37+,38-,39-,41+,45+,46-/m1/s1. The van der Waals surface area contributed by atoms with Crippen molar-refractivity contribution in [2.75, 3.05) is 13.2 Å². The molecule has 1 aliphatic heterocycles. The zero-order valence-corrected chi connectivity index (χ0v) is 34.3. The molecule has 2 bridgehead atoms. The molecule has 1 heterocycles. The quantitative estimate of drug-likeness (QED) is 0.116. The summed E-state index contributed by atoms with van der Waals surface area (Å²) < 4.78 is 29.5. The van der Waals surface area contributed by atoms with Gasteiger partial charge in [0.2, 0.25) is 0 Å². The molecule has 60 heavy (non-hydrogen) atoms. The van der Waals surface area contributed by atoms with Gasteiger partial charge in [0.1, 0.15) is 24.4 Å². The van der Waals surface area contributed by atoms with Gasteiger partial charge in [-0.25, -0.2) is 9.59 Å². The summed E-state index contributed by atoms with van der Waals surface area (Å²) in [4.78, 5) is 67.9. The molecule has 2 aliphatic carbocycles. The number of ether oxygens (including phenoxy) is 5. The van der Waals surface area contributed by atoms with Gasteiger partial charge in [-0.1, -0.05) is 92.7 Å². The van der Waals surface area contributed by atoms with E-state index in [9.17, 15) is 34.5 Å². The van der Waals surface area contributed by atoms with E-state index in [4.69, 9.17) is 23.7 Å². The van der Waals surface area contributed by atoms with E-state index in [1.807, 2.05) is 30.3 Å². The maximum absolute atomic E-state index is 15.2. The molecule has 6 rings (SSSR count). The number of aliphatic hydroxyl groups is 3. The van der Waals surface area contributed by atoms with Gasteiger partial charge in [0.05, 0.1) is 35.8 Å². The van der Waals surface area contributed by atoms with Gasteiger partial charge >= 0.3 is 23.9 Å². The van der Waals surface area contributed by atoms with Crippen LogP contribution in [-0.4, -0.2) is 100 Å². The molecule has 2 fully saturated rings. The molecule has 0 amide bonds. The van der Waals surface area contributed by atoms with Gasteiger partial charge in [-0.2, -0.15) is 0 Å². The Labute approximate surface area is 348 Å². The monoisotopic (exact) mass is 827 g/mol. The van der Waals surface area contributed by atoms with Crippen LogP contribution >= 0.6 is 0 Å². The molecule has 1 saturated heterocycles. The predicted octanol–water partition coefficient (Wildman–Crippen LogP) is 3.95. The van der Waals surface area contributed by atoms with Crippen molar-refractivity contribution in [3.63, 3.8) is 0 Å².